The van der Waals surface area contributed by atoms with Gasteiger partial charge in [0.05, 0.1) is 6.04 Å². The molecule has 0 radical (unpaired) electrons. The van der Waals surface area contributed by atoms with Gasteiger partial charge in [-0.15, -0.1) is 12.4 Å². The highest BCUT2D eigenvalue weighted by Gasteiger charge is 2.34. The molecule has 6 heteroatoms. The molecule has 1 aliphatic heterocycles. The number of hydrogen-bond donors (Lipinski definition) is 1. The average molecular weight is 365 g/mol. The summed E-state index contributed by atoms with van der Waals surface area (Å²) in [6.07, 6.45) is 1.68. The van der Waals surface area contributed by atoms with E-state index in [0.29, 0.717) is 11.3 Å². The molecule has 0 aliphatic carbocycles. The minimum absolute atomic E-state index is 0. The Hall–Kier alpha value is -2.11. The zero-order valence-electron chi connectivity index (χ0n) is 14.0. The molecular formula is C19H22ClFN2O2. The first-order valence-electron chi connectivity index (χ1n) is 8.03. The van der Waals surface area contributed by atoms with Crippen molar-refractivity contribution in [1.82, 2.24) is 4.90 Å². The summed E-state index contributed by atoms with van der Waals surface area (Å²) in [6, 6.07) is 14.3. The number of nitrogens with zero attached hydrogens (tertiary/aromatic N) is 1. The largest absolute Gasteiger partial charge is 0.489 e. The predicted octanol–water partition coefficient (Wildman–Crippen LogP) is 3.45. The molecule has 0 aromatic heterocycles. The first-order valence-corrected chi connectivity index (χ1v) is 8.03. The first-order chi connectivity index (χ1) is 11.6. The van der Waals surface area contributed by atoms with Gasteiger partial charge in [-0.3, -0.25) is 9.69 Å². The van der Waals surface area contributed by atoms with Crippen LogP contribution in [0.4, 0.5) is 4.39 Å². The van der Waals surface area contributed by atoms with Gasteiger partial charge in [0.2, 0.25) is 5.91 Å². The zero-order chi connectivity index (χ0) is 17.1. The number of nitrogens with two attached hydrogens (primary N) is 1. The third-order valence-electron chi connectivity index (χ3n) is 4.64. The molecule has 1 saturated heterocycles. The summed E-state index contributed by atoms with van der Waals surface area (Å²) in [6.45, 7) is 0.194. The van der Waals surface area contributed by atoms with Crippen LogP contribution in [0.25, 0.3) is 0 Å². The van der Waals surface area contributed by atoms with Crippen LogP contribution < -0.4 is 10.5 Å². The number of amides is 1. The van der Waals surface area contributed by atoms with Crippen molar-refractivity contribution < 1.29 is 13.9 Å². The second-order valence-electron chi connectivity index (χ2n) is 6.13. The molecule has 3 rings (SSSR count). The lowest BCUT2D eigenvalue weighted by molar-refractivity contribution is -0.122. The van der Waals surface area contributed by atoms with E-state index in [0.717, 1.165) is 18.4 Å². The summed E-state index contributed by atoms with van der Waals surface area (Å²) >= 11 is 0. The van der Waals surface area contributed by atoms with Crippen LogP contribution in [0, 0.1) is 5.82 Å². The van der Waals surface area contributed by atoms with Crippen molar-refractivity contribution in [3.63, 3.8) is 0 Å². The lowest BCUT2D eigenvalue weighted by Gasteiger charge is -2.24. The van der Waals surface area contributed by atoms with Gasteiger partial charge in [-0.25, -0.2) is 4.39 Å². The van der Waals surface area contributed by atoms with Crippen molar-refractivity contribution in [3.8, 4) is 5.75 Å². The highest BCUT2D eigenvalue weighted by molar-refractivity contribution is 5.85. The number of likely N-dealkylation sites (N-methyl/N-ethyl adjacent to an activating group) is 1. The molecule has 1 fully saturated rings. The summed E-state index contributed by atoms with van der Waals surface area (Å²) in [7, 11) is 1.93. The normalized spacial score (nSPS) is 20.1. The minimum Gasteiger partial charge on any atom is -0.489 e. The predicted molar refractivity (Wildman–Crippen MR) is 97.1 cm³/mol. The Bertz CT molecular complexity index is 724. The van der Waals surface area contributed by atoms with Crippen LogP contribution in [-0.4, -0.2) is 23.9 Å². The molecule has 1 amide bonds. The molecule has 2 N–H and O–H groups in total. The smallest absolute Gasteiger partial charge is 0.234 e. The molecule has 134 valence electrons. The number of carbonyl (C=O) groups is 1. The standard InChI is InChI=1S/C19H21FN2O2.ClH/c1-22-17(10-11-18(22)19(21)23)13-6-8-15(9-7-13)24-12-14-4-2-3-5-16(14)20;/h2-9,17-18H,10-12H2,1H3,(H2,21,23);1H/t17-,18+;/m1./s1. The van der Waals surface area contributed by atoms with E-state index >= 15 is 0 Å². The van der Waals surface area contributed by atoms with Gasteiger partial charge >= 0.3 is 0 Å². The van der Waals surface area contributed by atoms with Gasteiger partial charge in [0.1, 0.15) is 18.2 Å². The highest BCUT2D eigenvalue weighted by atomic mass is 35.5. The average Bonchev–Trinajstić information content (AvgIpc) is 2.96. The molecule has 0 unspecified atom stereocenters. The fourth-order valence-electron chi connectivity index (χ4n) is 3.25. The van der Waals surface area contributed by atoms with E-state index < -0.39 is 0 Å². The number of likely N-dealkylation sites (tertiary alicyclic amines) is 1. The molecule has 1 aliphatic rings. The van der Waals surface area contributed by atoms with Crippen molar-refractivity contribution in [2.24, 2.45) is 5.73 Å². The number of halogens is 2. The number of primary amides is 1. The summed E-state index contributed by atoms with van der Waals surface area (Å²) in [5.74, 6) is 0.151. The summed E-state index contributed by atoms with van der Waals surface area (Å²) in [4.78, 5) is 13.4. The highest BCUT2D eigenvalue weighted by Crippen LogP contribution is 2.35. The Balaban J connectivity index is 0.00000225. The third kappa shape index (κ3) is 4.30. The number of ether oxygens (including phenoxy) is 1. The van der Waals surface area contributed by atoms with Crippen LogP contribution >= 0.6 is 12.4 Å². The second kappa shape index (κ2) is 8.32. The topological polar surface area (TPSA) is 55.6 Å². The molecule has 2 aromatic carbocycles. The number of rotatable bonds is 5. The van der Waals surface area contributed by atoms with Gasteiger partial charge in [-0.05, 0) is 43.7 Å². The van der Waals surface area contributed by atoms with Crippen LogP contribution in [0.5, 0.6) is 5.75 Å². The molecule has 0 spiro atoms. The van der Waals surface area contributed by atoms with E-state index in [1.54, 1.807) is 18.2 Å². The van der Waals surface area contributed by atoms with E-state index in [2.05, 4.69) is 0 Å². The van der Waals surface area contributed by atoms with Gasteiger partial charge in [-0.2, -0.15) is 0 Å². The van der Waals surface area contributed by atoms with Crippen LogP contribution in [0.2, 0.25) is 0 Å². The van der Waals surface area contributed by atoms with Crippen molar-refractivity contribution in [3.05, 3.63) is 65.5 Å². The first kappa shape index (κ1) is 19.2. The fraction of sp³-hybridized carbons (Fsp3) is 0.316. The lowest BCUT2D eigenvalue weighted by atomic mass is 10.0. The Labute approximate surface area is 153 Å². The van der Waals surface area contributed by atoms with E-state index in [1.807, 2.05) is 36.2 Å². The van der Waals surface area contributed by atoms with Gasteiger partial charge < -0.3 is 10.5 Å². The van der Waals surface area contributed by atoms with Crippen molar-refractivity contribution in [1.29, 1.82) is 0 Å². The number of benzene rings is 2. The SMILES string of the molecule is CN1[C@@H](c2ccc(OCc3ccccc3F)cc2)CC[C@H]1C(N)=O.Cl. The summed E-state index contributed by atoms with van der Waals surface area (Å²) in [5.41, 5.74) is 7.08. The van der Waals surface area contributed by atoms with Gasteiger partial charge in [0.25, 0.3) is 0 Å². The maximum Gasteiger partial charge on any atom is 0.234 e. The van der Waals surface area contributed by atoms with Crippen LogP contribution in [0.3, 0.4) is 0 Å². The fourth-order valence-corrected chi connectivity index (χ4v) is 3.25. The minimum atomic E-state index is -0.273. The van der Waals surface area contributed by atoms with Crippen LogP contribution in [-0.2, 0) is 11.4 Å². The van der Waals surface area contributed by atoms with Crippen molar-refractivity contribution >= 4 is 18.3 Å². The zero-order valence-corrected chi connectivity index (χ0v) is 14.8. The summed E-state index contributed by atoms with van der Waals surface area (Å²) in [5, 5.41) is 0. The molecule has 25 heavy (non-hydrogen) atoms. The summed E-state index contributed by atoms with van der Waals surface area (Å²) < 4.78 is 19.2. The molecular weight excluding hydrogens is 343 g/mol. The molecule has 4 nitrogen and oxygen atoms in total. The van der Waals surface area contributed by atoms with E-state index in [4.69, 9.17) is 10.5 Å². The molecule has 1 heterocycles. The van der Waals surface area contributed by atoms with Crippen molar-refractivity contribution in [2.75, 3.05) is 7.05 Å². The number of carbonyl (C=O) groups excluding carboxylic acids is 1. The lowest BCUT2D eigenvalue weighted by Crippen LogP contribution is -2.38. The van der Waals surface area contributed by atoms with Gasteiger partial charge in [0, 0.05) is 11.6 Å². The Morgan fingerprint density at radius 1 is 1.20 bits per heavy atom. The molecule has 0 saturated carbocycles. The molecule has 2 atom stereocenters. The third-order valence-corrected chi connectivity index (χ3v) is 4.64. The Morgan fingerprint density at radius 3 is 2.48 bits per heavy atom. The van der Waals surface area contributed by atoms with Crippen LogP contribution in [0.15, 0.2) is 48.5 Å². The van der Waals surface area contributed by atoms with E-state index in [9.17, 15) is 9.18 Å². The van der Waals surface area contributed by atoms with E-state index in [-0.39, 0.29) is 42.8 Å². The second-order valence-corrected chi connectivity index (χ2v) is 6.13. The van der Waals surface area contributed by atoms with E-state index in [1.165, 1.54) is 6.07 Å². The molecule has 2 aromatic rings. The number of hydrogen-bond acceptors (Lipinski definition) is 3. The van der Waals surface area contributed by atoms with Gasteiger partial charge in [-0.1, -0.05) is 30.3 Å². The Morgan fingerprint density at radius 2 is 1.88 bits per heavy atom. The monoisotopic (exact) mass is 364 g/mol. The molecule has 0 bridgehead atoms. The van der Waals surface area contributed by atoms with Gasteiger partial charge in [0.15, 0.2) is 0 Å². The quantitative estimate of drug-likeness (QED) is 0.884. The maximum atomic E-state index is 13.6. The van der Waals surface area contributed by atoms with Crippen molar-refractivity contribution in [2.45, 2.75) is 31.5 Å². The maximum absolute atomic E-state index is 13.6. The Kier molecular flexibility index (Phi) is 6.39. The van der Waals surface area contributed by atoms with Crippen LogP contribution in [0.1, 0.15) is 30.0 Å².